The number of methoxy groups -OCH3 is 3. The van der Waals surface area contributed by atoms with Gasteiger partial charge in [-0.3, -0.25) is 14.2 Å². The number of nitrogens with zero attached hydrogens (tertiary/aromatic N) is 3. The number of hydrogen-bond acceptors (Lipinski definition) is 9. The number of thioether (sulfide) groups is 1. The molecule has 1 aliphatic rings. The molecule has 208 valence electrons. The van der Waals surface area contributed by atoms with Crippen LogP contribution in [0.15, 0.2) is 51.5 Å². The molecule has 0 fully saturated rings. The zero-order valence-electron chi connectivity index (χ0n) is 22.2. The summed E-state index contributed by atoms with van der Waals surface area (Å²) in [6.45, 7) is 0. The van der Waals surface area contributed by atoms with Crippen molar-refractivity contribution in [3.8, 4) is 22.9 Å². The SMILES string of the molecule is COc1cc(OC)c(OC)cc1C=NNC(=O)CSc1nc2sc3c(c2c(=O)n1-c1ccc(Cl)cc1)CCCC3. The summed E-state index contributed by atoms with van der Waals surface area (Å²) in [6.07, 6.45) is 5.48. The van der Waals surface area contributed by atoms with Gasteiger partial charge in [0.2, 0.25) is 0 Å². The van der Waals surface area contributed by atoms with E-state index in [-0.39, 0.29) is 17.2 Å². The topological polar surface area (TPSA) is 104 Å². The number of halogens is 1. The number of aromatic nitrogens is 2. The number of aryl methyl sites for hydroxylation is 2. The van der Waals surface area contributed by atoms with Crippen LogP contribution in [-0.2, 0) is 17.6 Å². The first kappa shape index (κ1) is 28.0. The number of benzene rings is 2. The van der Waals surface area contributed by atoms with E-state index in [4.69, 9.17) is 30.8 Å². The van der Waals surface area contributed by atoms with Gasteiger partial charge in [0, 0.05) is 21.5 Å². The summed E-state index contributed by atoms with van der Waals surface area (Å²) in [5, 5.41) is 5.75. The number of nitrogens with one attached hydrogen (secondary N) is 1. The minimum absolute atomic E-state index is 0.00294. The van der Waals surface area contributed by atoms with Crippen LogP contribution in [0.5, 0.6) is 17.2 Å². The van der Waals surface area contributed by atoms with Gasteiger partial charge in [-0.05, 0) is 61.6 Å². The van der Waals surface area contributed by atoms with Gasteiger partial charge >= 0.3 is 0 Å². The largest absolute Gasteiger partial charge is 0.496 e. The van der Waals surface area contributed by atoms with Gasteiger partial charge in [-0.25, -0.2) is 10.4 Å². The molecule has 0 spiro atoms. The number of carbonyl (C=O) groups is 1. The second kappa shape index (κ2) is 12.3. The number of hydrazone groups is 1. The first-order chi connectivity index (χ1) is 19.4. The molecule has 0 unspecified atom stereocenters. The first-order valence-electron chi connectivity index (χ1n) is 12.5. The molecule has 0 saturated carbocycles. The van der Waals surface area contributed by atoms with E-state index >= 15 is 0 Å². The number of ether oxygens (including phenoxy) is 3. The van der Waals surface area contributed by atoms with Crippen LogP contribution in [0, 0.1) is 0 Å². The molecule has 9 nitrogen and oxygen atoms in total. The van der Waals surface area contributed by atoms with E-state index in [2.05, 4.69) is 10.5 Å². The summed E-state index contributed by atoms with van der Waals surface area (Å²) in [5.74, 6) is 1.16. The van der Waals surface area contributed by atoms with Crippen molar-refractivity contribution >= 4 is 57.0 Å². The fraction of sp³-hybridized carbons (Fsp3) is 0.286. The lowest BCUT2D eigenvalue weighted by atomic mass is 9.97. The summed E-state index contributed by atoms with van der Waals surface area (Å²) < 4.78 is 17.6. The van der Waals surface area contributed by atoms with Crippen molar-refractivity contribution in [2.75, 3.05) is 27.1 Å². The molecule has 1 amide bonds. The first-order valence-corrected chi connectivity index (χ1v) is 14.7. The predicted octanol–water partition coefficient (Wildman–Crippen LogP) is 5.25. The van der Waals surface area contributed by atoms with Crippen LogP contribution in [0.2, 0.25) is 5.02 Å². The lowest BCUT2D eigenvalue weighted by Gasteiger charge is -2.13. The Morgan fingerprint density at radius 2 is 1.80 bits per heavy atom. The summed E-state index contributed by atoms with van der Waals surface area (Å²) in [7, 11) is 4.60. The number of hydrogen-bond donors (Lipinski definition) is 1. The molecule has 0 atom stereocenters. The molecule has 0 radical (unpaired) electrons. The van der Waals surface area contributed by atoms with Gasteiger partial charge in [-0.2, -0.15) is 5.10 Å². The van der Waals surface area contributed by atoms with Crippen molar-refractivity contribution in [2.45, 2.75) is 30.8 Å². The standard InChI is InChI=1S/C28H27ClN4O5S2/c1-36-20-13-22(38-3)21(37-2)12-16(20)14-30-32-24(34)15-39-28-31-26-25(19-6-4-5-7-23(19)40-26)27(35)33(28)18-10-8-17(29)9-11-18/h8-14H,4-7,15H2,1-3H3,(H,32,34). The second-order valence-electron chi connectivity index (χ2n) is 8.93. The monoisotopic (exact) mass is 598 g/mol. The molecule has 40 heavy (non-hydrogen) atoms. The van der Waals surface area contributed by atoms with Crippen molar-refractivity contribution in [1.29, 1.82) is 0 Å². The highest BCUT2D eigenvalue weighted by molar-refractivity contribution is 7.99. The van der Waals surface area contributed by atoms with Gasteiger partial charge in [0.25, 0.3) is 11.5 Å². The van der Waals surface area contributed by atoms with Crippen molar-refractivity contribution in [3.63, 3.8) is 0 Å². The van der Waals surface area contributed by atoms with Crippen LogP contribution in [-0.4, -0.2) is 48.8 Å². The van der Waals surface area contributed by atoms with Gasteiger partial charge in [0.05, 0.1) is 44.4 Å². The van der Waals surface area contributed by atoms with E-state index in [9.17, 15) is 9.59 Å². The van der Waals surface area contributed by atoms with Crippen molar-refractivity contribution in [3.05, 3.63) is 67.8 Å². The Kier molecular flexibility index (Phi) is 8.63. The maximum Gasteiger partial charge on any atom is 0.267 e. The highest BCUT2D eigenvalue weighted by Crippen LogP contribution is 2.36. The average Bonchev–Trinajstić information content (AvgIpc) is 3.35. The van der Waals surface area contributed by atoms with Crippen LogP contribution in [0.25, 0.3) is 15.9 Å². The molecule has 12 heteroatoms. The summed E-state index contributed by atoms with van der Waals surface area (Å²) in [5.41, 5.74) is 4.75. The Hall–Kier alpha value is -3.54. The minimum atomic E-state index is -0.358. The lowest BCUT2D eigenvalue weighted by Crippen LogP contribution is -2.24. The van der Waals surface area contributed by atoms with Gasteiger partial charge in [-0.15, -0.1) is 11.3 Å². The zero-order chi connectivity index (χ0) is 28.2. The third-order valence-corrected chi connectivity index (χ3v) is 8.88. The van der Waals surface area contributed by atoms with Gasteiger partial charge < -0.3 is 14.2 Å². The summed E-state index contributed by atoms with van der Waals surface area (Å²) >= 11 is 8.85. The smallest absolute Gasteiger partial charge is 0.267 e. The molecule has 2 heterocycles. The van der Waals surface area contributed by atoms with E-state index in [1.165, 1.54) is 44.2 Å². The Labute approximate surface area is 244 Å². The normalized spacial score (nSPS) is 12.9. The molecule has 0 bridgehead atoms. The number of amides is 1. The van der Waals surface area contributed by atoms with Crippen molar-refractivity contribution in [2.24, 2.45) is 5.10 Å². The minimum Gasteiger partial charge on any atom is -0.496 e. The van der Waals surface area contributed by atoms with Gasteiger partial charge in [0.1, 0.15) is 10.6 Å². The maximum absolute atomic E-state index is 13.8. The molecule has 2 aromatic heterocycles. The fourth-order valence-corrected chi connectivity index (χ4v) is 6.82. The van der Waals surface area contributed by atoms with E-state index < -0.39 is 0 Å². The third-order valence-electron chi connectivity index (χ3n) is 6.50. The van der Waals surface area contributed by atoms with E-state index in [0.717, 1.165) is 31.2 Å². The molecule has 1 aliphatic carbocycles. The van der Waals surface area contributed by atoms with Crippen LogP contribution in [0.3, 0.4) is 0 Å². The molecular formula is C28H27ClN4O5S2. The maximum atomic E-state index is 13.8. The number of thiophene rings is 1. The third kappa shape index (κ3) is 5.67. The Morgan fingerprint density at radius 1 is 1.10 bits per heavy atom. The van der Waals surface area contributed by atoms with Crippen molar-refractivity contribution in [1.82, 2.24) is 15.0 Å². The Balaban J connectivity index is 1.39. The Morgan fingerprint density at radius 3 is 2.52 bits per heavy atom. The highest BCUT2D eigenvalue weighted by atomic mass is 35.5. The quantitative estimate of drug-likeness (QED) is 0.121. The van der Waals surface area contributed by atoms with Crippen LogP contribution < -0.4 is 25.2 Å². The highest BCUT2D eigenvalue weighted by Gasteiger charge is 2.23. The molecule has 2 aromatic carbocycles. The lowest BCUT2D eigenvalue weighted by molar-refractivity contribution is -0.118. The predicted molar refractivity (Wildman–Crippen MR) is 159 cm³/mol. The zero-order valence-corrected chi connectivity index (χ0v) is 24.5. The number of rotatable bonds is 9. The Bertz CT molecular complexity index is 1650. The van der Waals surface area contributed by atoms with E-state index in [1.54, 1.807) is 52.3 Å². The molecule has 5 rings (SSSR count). The summed E-state index contributed by atoms with van der Waals surface area (Å²) in [6, 6.07) is 10.4. The van der Waals surface area contributed by atoms with Crippen molar-refractivity contribution < 1.29 is 19.0 Å². The van der Waals surface area contributed by atoms with Gasteiger partial charge in [-0.1, -0.05) is 23.4 Å². The van der Waals surface area contributed by atoms with Crippen LogP contribution >= 0.6 is 34.7 Å². The molecule has 4 aromatic rings. The number of fused-ring (bicyclic) bond motifs is 3. The van der Waals surface area contributed by atoms with Gasteiger partial charge in [0.15, 0.2) is 16.7 Å². The second-order valence-corrected chi connectivity index (χ2v) is 11.4. The molecule has 0 aliphatic heterocycles. The number of carbonyl (C=O) groups excluding carboxylic acids is 1. The fourth-order valence-electron chi connectivity index (χ4n) is 4.59. The molecular weight excluding hydrogens is 572 g/mol. The average molecular weight is 599 g/mol. The van der Waals surface area contributed by atoms with E-state index in [1.807, 2.05) is 0 Å². The van der Waals surface area contributed by atoms with E-state index in [0.29, 0.717) is 48.9 Å². The van der Waals surface area contributed by atoms with Crippen LogP contribution in [0.1, 0.15) is 28.8 Å². The molecule has 1 N–H and O–H groups in total. The summed E-state index contributed by atoms with van der Waals surface area (Å²) in [4.78, 5) is 33.4. The molecule has 0 saturated heterocycles. The van der Waals surface area contributed by atoms with Crippen LogP contribution in [0.4, 0.5) is 0 Å².